The van der Waals surface area contributed by atoms with Crippen LogP contribution >= 0.6 is 0 Å². The molecule has 11 heavy (non-hydrogen) atoms. The second kappa shape index (κ2) is 5.14. The zero-order valence-electron chi connectivity index (χ0n) is 7.13. The average molecular weight is 151 g/mol. The van der Waals surface area contributed by atoms with Gasteiger partial charge in [0.15, 0.2) is 0 Å². The van der Waals surface area contributed by atoms with Crippen LogP contribution in [-0.4, -0.2) is 24.5 Å². The minimum Gasteiger partial charge on any atom is -0.300 e. The van der Waals surface area contributed by atoms with Gasteiger partial charge in [0.05, 0.1) is 0 Å². The van der Waals surface area contributed by atoms with Crippen LogP contribution in [-0.2, 0) is 0 Å². The van der Waals surface area contributed by atoms with Gasteiger partial charge in [-0.05, 0) is 32.4 Å². The summed E-state index contributed by atoms with van der Waals surface area (Å²) in [6.07, 6.45) is 10.1. The van der Waals surface area contributed by atoms with E-state index in [0.29, 0.717) is 0 Å². The third kappa shape index (κ3) is 3.38. The molecule has 0 saturated carbocycles. The Bertz CT molecular complexity index is 132. The van der Waals surface area contributed by atoms with Gasteiger partial charge in [0.2, 0.25) is 0 Å². The Hall–Kier alpha value is -0.560. The van der Waals surface area contributed by atoms with Crippen molar-refractivity contribution < 1.29 is 0 Å². The molecule has 0 aliphatic carbocycles. The van der Waals surface area contributed by atoms with Gasteiger partial charge in [-0.25, -0.2) is 0 Å². The fraction of sp³-hybridized carbons (Fsp3) is 0.600. The predicted octanol–water partition coefficient (Wildman–Crippen LogP) is 2.21. The van der Waals surface area contributed by atoms with Crippen molar-refractivity contribution >= 4 is 0 Å². The molecule has 1 nitrogen and oxygen atoms in total. The minimum absolute atomic E-state index is 1.01. The summed E-state index contributed by atoms with van der Waals surface area (Å²) in [5.74, 6) is 0. The smallest absolute Gasteiger partial charge is 0.0163 e. The van der Waals surface area contributed by atoms with E-state index in [9.17, 15) is 0 Å². The highest BCUT2D eigenvalue weighted by molar-refractivity contribution is 4.90. The number of nitrogens with zero attached hydrogens (tertiary/aromatic N) is 1. The van der Waals surface area contributed by atoms with Crippen molar-refractivity contribution in [1.29, 1.82) is 0 Å². The van der Waals surface area contributed by atoms with Crippen LogP contribution in [0.1, 0.15) is 19.3 Å². The Morgan fingerprint density at radius 3 is 2.55 bits per heavy atom. The first-order valence-electron chi connectivity index (χ1n) is 4.42. The number of rotatable bonds is 4. The Morgan fingerprint density at radius 1 is 1.18 bits per heavy atom. The summed E-state index contributed by atoms with van der Waals surface area (Å²) in [5, 5.41) is 0. The second-order valence-electron chi connectivity index (χ2n) is 3.00. The molecule has 0 amide bonds. The summed E-state index contributed by atoms with van der Waals surface area (Å²) >= 11 is 0. The minimum atomic E-state index is 1.01. The molecule has 0 aromatic carbocycles. The van der Waals surface area contributed by atoms with Crippen LogP contribution in [0.4, 0.5) is 0 Å². The normalized spacial score (nSPS) is 19.6. The van der Waals surface area contributed by atoms with Crippen molar-refractivity contribution in [2.45, 2.75) is 19.3 Å². The highest BCUT2D eigenvalue weighted by Gasteiger charge is 2.08. The van der Waals surface area contributed by atoms with Crippen LogP contribution in [0.3, 0.4) is 0 Å². The maximum absolute atomic E-state index is 3.67. The van der Waals surface area contributed by atoms with Gasteiger partial charge in [-0.15, -0.1) is 6.58 Å². The topological polar surface area (TPSA) is 3.24 Å². The molecule has 1 heterocycles. The lowest BCUT2D eigenvalue weighted by molar-refractivity contribution is 0.377. The monoisotopic (exact) mass is 151 g/mol. The molecular weight excluding hydrogens is 134 g/mol. The van der Waals surface area contributed by atoms with Gasteiger partial charge < -0.3 is 0 Å². The van der Waals surface area contributed by atoms with Crippen molar-refractivity contribution in [2.75, 3.05) is 19.6 Å². The molecule has 1 saturated heterocycles. The first kappa shape index (κ1) is 8.54. The summed E-state index contributed by atoms with van der Waals surface area (Å²) in [4.78, 5) is 2.49. The van der Waals surface area contributed by atoms with E-state index in [4.69, 9.17) is 0 Å². The fourth-order valence-electron chi connectivity index (χ4n) is 1.38. The first-order chi connectivity index (χ1) is 5.43. The van der Waals surface area contributed by atoms with Gasteiger partial charge in [-0.3, -0.25) is 4.90 Å². The molecule has 0 aromatic rings. The predicted molar refractivity (Wildman–Crippen MR) is 49.6 cm³/mol. The number of allylic oxidation sites excluding steroid dienone is 2. The fourth-order valence-corrected chi connectivity index (χ4v) is 1.38. The number of hydrogen-bond acceptors (Lipinski definition) is 1. The van der Waals surface area contributed by atoms with Crippen molar-refractivity contribution in [1.82, 2.24) is 4.90 Å². The molecular formula is C10H17N. The Kier molecular flexibility index (Phi) is 3.99. The van der Waals surface area contributed by atoms with Crippen molar-refractivity contribution in [2.24, 2.45) is 0 Å². The molecule has 0 aromatic heterocycles. The zero-order valence-corrected chi connectivity index (χ0v) is 7.13. The van der Waals surface area contributed by atoms with Crippen molar-refractivity contribution in [3.05, 3.63) is 24.8 Å². The average Bonchev–Trinajstić information content (AvgIpc) is 2.50. The van der Waals surface area contributed by atoms with Gasteiger partial charge >= 0.3 is 0 Å². The van der Waals surface area contributed by atoms with Gasteiger partial charge in [0.25, 0.3) is 0 Å². The van der Waals surface area contributed by atoms with E-state index in [0.717, 1.165) is 13.0 Å². The molecule has 0 spiro atoms. The van der Waals surface area contributed by atoms with Gasteiger partial charge in [-0.2, -0.15) is 0 Å². The Labute approximate surface area is 69.4 Å². The zero-order chi connectivity index (χ0) is 7.94. The van der Waals surface area contributed by atoms with Crippen LogP contribution in [0.5, 0.6) is 0 Å². The summed E-state index contributed by atoms with van der Waals surface area (Å²) < 4.78 is 0. The van der Waals surface area contributed by atoms with E-state index in [-0.39, 0.29) is 0 Å². The molecule has 1 aliphatic rings. The van der Waals surface area contributed by atoms with Crippen LogP contribution in [0.25, 0.3) is 0 Å². The Balaban J connectivity index is 2.05. The standard InChI is InChI=1S/C10H17N/c1-2-3-4-5-8-11-9-6-7-10-11/h2,4-5H,1,3,6-10H2/b5-4+. The lowest BCUT2D eigenvalue weighted by Crippen LogP contribution is -2.18. The van der Waals surface area contributed by atoms with Crippen LogP contribution in [0, 0.1) is 0 Å². The van der Waals surface area contributed by atoms with Gasteiger partial charge in [0, 0.05) is 6.54 Å². The Morgan fingerprint density at radius 2 is 1.91 bits per heavy atom. The van der Waals surface area contributed by atoms with E-state index in [2.05, 4.69) is 23.6 Å². The van der Waals surface area contributed by atoms with E-state index < -0.39 is 0 Å². The van der Waals surface area contributed by atoms with Crippen LogP contribution in [0.15, 0.2) is 24.8 Å². The molecule has 0 bridgehead atoms. The maximum atomic E-state index is 3.67. The second-order valence-corrected chi connectivity index (χ2v) is 3.00. The maximum Gasteiger partial charge on any atom is 0.0163 e. The van der Waals surface area contributed by atoms with Crippen LogP contribution < -0.4 is 0 Å². The summed E-state index contributed by atoms with van der Waals surface area (Å²) in [6.45, 7) is 7.38. The largest absolute Gasteiger partial charge is 0.300 e. The molecule has 1 fully saturated rings. The van der Waals surface area contributed by atoms with Gasteiger partial charge in [-0.1, -0.05) is 18.2 Å². The van der Waals surface area contributed by atoms with E-state index in [1.807, 2.05) is 6.08 Å². The summed E-state index contributed by atoms with van der Waals surface area (Å²) in [7, 11) is 0. The van der Waals surface area contributed by atoms with Crippen LogP contribution in [0.2, 0.25) is 0 Å². The molecule has 0 N–H and O–H groups in total. The highest BCUT2D eigenvalue weighted by atomic mass is 15.1. The van der Waals surface area contributed by atoms with Gasteiger partial charge in [0.1, 0.15) is 0 Å². The molecule has 1 aliphatic heterocycles. The van der Waals surface area contributed by atoms with Crippen molar-refractivity contribution in [3.63, 3.8) is 0 Å². The molecule has 1 rings (SSSR count). The quantitative estimate of drug-likeness (QED) is 0.557. The molecule has 0 atom stereocenters. The first-order valence-corrected chi connectivity index (χ1v) is 4.42. The molecule has 1 heteroatoms. The van der Waals surface area contributed by atoms with E-state index in [1.54, 1.807) is 0 Å². The van der Waals surface area contributed by atoms with Crippen molar-refractivity contribution in [3.8, 4) is 0 Å². The summed E-state index contributed by atoms with van der Waals surface area (Å²) in [6, 6.07) is 0. The molecule has 62 valence electrons. The summed E-state index contributed by atoms with van der Waals surface area (Å²) in [5.41, 5.74) is 0. The highest BCUT2D eigenvalue weighted by Crippen LogP contribution is 2.06. The third-order valence-corrected chi connectivity index (χ3v) is 2.03. The number of likely N-dealkylation sites (tertiary alicyclic amines) is 1. The lowest BCUT2D eigenvalue weighted by Gasteiger charge is -2.09. The third-order valence-electron chi connectivity index (χ3n) is 2.03. The molecule has 0 unspecified atom stereocenters. The van der Waals surface area contributed by atoms with E-state index in [1.165, 1.54) is 25.9 Å². The SMILES string of the molecule is C=CC/C=C/CN1CCCC1. The molecule has 0 radical (unpaired) electrons. The van der Waals surface area contributed by atoms with E-state index >= 15 is 0 Å². The number of hydrogen-bond donors (Lipinski definition) is 0. The lowest BCUT2D eigenvalue weighted by atomic mass is 10.3.